The van der Waals surface area contributed by atoms with E-state index < -0.39 is 0 Å². The molecule has 1 saturated heterocycles. The third-order valence-corrected chi connectivity index (χ3v) is 6.04. The second kappa shape index (κ2) is 13.2. The van der Waals surface area contributed by atoms with Gasteiger partial charge in [0, 0.05) is 57.6 Å². The zero-order chi connectivity index (χ0) is 20.4. The van der Waals surface area contributed by atoms with Crippen LogP contribution in [0.2, 0.25) is 0 Å². The van der Waals surface area contributed by atoms with Crippen LogP contribution in [0.1, 0.15) is 40.0 Å². The molecule has 0 bridgehead atoms. The van der Waals surface area contributed by atoms with Gasteiger partial charge in [-0.15, -0.1) is 24.0 Å². The Kier molecular flexibility index (Phi) is 11.7. The molecule has 2 rings (SSSR count). The molecule has 29 heavy (non-hydrogen) atoms. The van der Waals surface area contributed by atoms with E-state index in [1.54, 1.807) is 7.11 Å². The number of ether oxygens (including phenoxy) is 1. The molecule has 7 heteroatoms. The fraction of sp³-hybridized carbons (Fsp3) is 0.682. The summed E-state index contributed by atoms with van der Waals surface area (Å²) in [6, 6.07) is 8.27. The van der Waals surface area contributed by atoms with E-state index >= 15 is 0 Å². The van der Waals surface area contributed by atoms with Crippen molar-refractivity contribution in [3.63, 3.8) is 0 Å². The molecule has 0 unspecified atom stereocenters. The summed E-state index contributed by atoms with van der Waals surface area (Å²) in [6.45, 7) is 12.2. The minimum absolute atomic E-state index is 0. The maximum atomic E-state index is 9.47. The first kappa shape index (κ1) is 25.8. The summed E-state index contributed by atoms with van der Waals surface area (Å²) in [5.41, 5.74) is 1.30. The number of piperazine rings is 1. The van der Waals surface area contributed by atoms with Crippen molar-refractivity contribution in [1.82, 2.24) is 10.2 Å². The summed E-state index contributed by atoms with van der Waals surface area (Å²) < 4.78 is 5.36. The highest BCUT2D eigenvalue weighted by atomic mass is 127. The second-order valence-corrected chi connectivity index (χ2v) is 7.53. The molecule has 1 aromatic carbocycles. The molecule has 1 aromatic rings. The van der Waals surface area contributed by atoms with Crippen molar-refractivity contribution in [3.8, 4) is 5.75 Å². The fourth-order valence-electron chi connectivity index (χ4n) is 3.80. The van der Waals surface area contributed by atoms with E-state index in [2.05, 4.69) is 48.0 Å². The molecule has 166 valence electrons. The summed E-state index contributed by atoms with van der Waals surface area (Å²) in [5, 5.41) is 12.9. The Hall–Kier alpha value is -1.22. The van der Waals surface area contributed by atoms with E-state index in [1.165, 1.54) is 5.69 Å². The third kappa shape index (κ3) is 7.20. The van der Waals surface area contributed by atoms with Crippen LogP contribution < -0.4 is 15.0 Å². The zero-order valence-corrected chi connectivity index (χ0v) is 20.8. The molecule has 1 heterocycles. The van der Waals surface area contributed by atoms with E-state index in [-0.39, 0.29) is 36.0 Å². The number of hydrogen-bond donors (Lipinski definition) is 2. The SMILES string of the molecule is CCNC(=NCC(CC)(CC)CCO)N1CCN(c2cccc(OC)c2)CC1.I. The third-order valence-electron chi connectivity index (χ3n) is 6.04. The molecule has 1 aliphatic rings. The molecule has 0 aliphatic carbocycles. The normalized spacial score (nSPS) is 15.1. The standard InChI is InChI=1S/C22H38N4O2.HI/c1-5-22(6-2,11-16-27)18-24-21(23-7-3)26-14-12-25(13-15-26)19-9-8-10-20(17-19)28-4;/h8-10,17,27H,5-7,11-16,18H2,1-4H3,(H,23,24);1H. The van der Waals surface area contributed by atoms with Crippen molar-refractivity contribution in [3.05, 3.63) is 24.3 Å². The second-order valence-electron chi connectivity index (χ2n) is 7.53. The Bertz CT molecular complexity index is 615. The number of anilines is 1. The van der Waals surface area contributed by atoms with Crippen LogP contribution in [0.25, 0.3) is 0 Å². The predicted molar refractivity (Wildman–Crippen MR) is 133 cm³/mol. The van der Waals surface area contributed by atoms with Gasteiger partial charge < -0.3 is 25.0 Å². The Labute approximate surface area is 193 Å². The van der Waals surface area contributed by atoms with Crippen molar-refractivity contribution >= 4 is 35.6 Å². The monoisotopic (exact) mass is 518 g/mol. The van der Waals surface area contributed by atoms with Gasteiger partial charge in [0.25, 0.3) is 0 Å². The van der Waals surface area contributed by atoms with Gasteiger partial charge in [-0.05, 0) is 43.7 Å². The van der Waals surface area contributed by atoms with Gasteiger partial charge in [0.1, 0.15) is 5.75 Å². The van der Waals surface area contributed by atoms with Gasteiger partial charge in [0.05, 0.1) is 7.11 Å². The number of aliphatic hydroxyl groups is 1. The van der Waals surface area contributed by atoms with Crippen molar-refractivity contribution in [2.45, 2.75) is 40.0 Å². The lowest BCUT2D eigenvalue weighted by Crippen LogP contribution is -2.52. The van der Waals surface area contributed by atoms with Crippen LogP contribution in [0, 0.1) is 5.41 Å². The first-order chi connectivity index (χ1) is 13.6. The molecule has 0 aromatic heterocycles. The van der Waals surface area contributed by atoms with Gasteiger partial charge in [0.15, 0.2) is 5.96 Å². The molecule has 2 N–H and O–H groups in total. The lowest BCUT2D eigenvalue weighted by Gasteiger charge is -2.38. The predicted octanol–water partition coefficient (Wildman–Crippen LogP) is 3.59. The number of methoxy groups -OCH3 is 1. The van der Waals surface area contributed by atoms with E-state index in [1.807, 2.05) is 12.1 Å². The topological polar surface area (TPSA) is 60.3 Å². The minimum atomic E-state index is 0. The van der Waals surface area contributed by atoms with Gasteiger partial charge in [-0.1, -0.05) is 19.9 Å². The molecular weight excluding hydrogens is 479 g/mol. The molecule has 0 atom stereocenters. The van der Waals surface area contributed by atoms with Crippen LogP contribution in [0.5, 0.6) is 5.75 Å². The summed E-state index contributed by atoms with van der Waals surface area (Å²) in [7, 11) is 1.71. The lowest BCUT2D eigenvalue weighted by atomic mass is 9.79. The quantitative estimate of drug-likeness (QED) is 0.297. The van der Waals surface area contributed by atoms with Crippen LogP contribution in [0.15, 0.2) is 29.3 Å². The fourth-order valence-corrected chi connectivity index (χ4v) is 3.80. The van der Waals surface area contributed by atoms with Crippen molar-refractivity contribution in [2.75, 3.05) is 57.9 Å². The van der Waals surface area contributed by atoms with E-state index in [0.717, 1.165) is 70.2 Å². The number of guanidine groups is 1. The highest BCUT2D eigenvalue weighted by Gasteiger charge is 2.26. The molecule has 1 fully saturated rings. The number of aliphatic imine (C=N–C) groups is 1. The first-order valence-corrected chi connectivity index (χ1v) is 10.6. The Morgan fingerprint density at radius 1 is 1.17 bits per heavy atom. The Morgan fingerprint density at radius 3 is 2.41 bits per heavy atom. The Morgan fingerprint density at radius 2 is 1.86 bits per heavy atom. The summed E-state index contributed by atoms with van der Waals surface area (Å²) in [6.07, 6.45) is 2.89. The summed E-state index contributed by atoms with van der Waals surface area (Å²) in [5.74, 6) is 1.89. The zero-order valence-electron chi connectivity index (χ0n) is 18.5. The molecule has 0 radical (unpaired) electrons. The summed E-state index contributed by atoms with van der Waals surface area (Å²) in [4.78, 5) is 9.73. The van der Waals surface area contributed by atoms with Gasteiger partial charge in [-0.3, -0.25) is 4.99 Å². The van der Waals surface area contributed by atoms with Gasteiger partial charge in [-0.2, -0.15) is 0 Å². The smallest absolute Gasteiger partial charge is 0.194 e. The highest BCUT2D eigenvalue weighted by Crippen LogP contribution is 2.30. The number of aliphatic hydroxyl groups excluding tert-OH is 1. The highest BCUT2D eigenvalue weighted by molar-refractivity contribution is 14.0. The lowest BCUT2D eigenvalue weighted by molar-refractivity contribution is 0.175. The number of hydrogen-bond acceptors (Lipinski definition) is 4. The van der Waals surface area contributed by atoms with Crippen molar-refractivity contribution < 1.29 is 9.84 Å². The van der Waals surface area contributed by atoms with E-state index in [4.69, 9.17) is 9.73 Å². The molecule has 0 spiro atoms. The number of nitrogens with zero attached hydrogens (tertiary/aromatic N) is 3. The number of halogens is 1. The van der Waals surface area contributed by atoms with Crippen LogP contribution in [-0.2, 0) is 0 Å². The molecule has 0 amide bonds. The van der Waals surface area contributed by atoms with Crippen LogP contribution >= 0.6 is 24.0 Å². The molecular formula is C22H39IN4O2. The van der Waals surface area contributed by atoms with Crippen molar-refractivity contribution in [1.29, 1.82) is 0 Å². The molecule has 1 aliphatic heterocycles. The average Bonchev–Trinajstić information content (AvgIpc) is 2.76. The van der Waals surface area contributed by atoms with E-state index in [0.29, 0.717) is 0 Å². The van der Waals surface area contributed by atoms with Crippen LogP contribution in [-0.4, -0.2) is 69.0 Å². The number of benzene rings is 1. The summed E-state index contributed by atoms with van der Waals surface area (Å²) >= 11 is 0. The van der Waals surface area contributed by atoms with Crippen LogP contribution in [0.4, 0.5) is 5.69 Å². The Balaban J connectivity index is 0.00000420. The van der Waals surface area contributed by atoms with Crippen LogP contribution in [0.3, 0.4) is 0 Å². The average molecular weight is 518 g/mol. The number of nitrogens with one attached hydrogen (secondary N) is 1. The van der Waals surface area contributed by atoms with E-state index in [9.17, 15) is 5.11 Å². The van der Waals surface area contributed by atoms with Crippen molar-refractivity contribution in [2.24, 2.45) is 10.4 Å². The first-order valence-electron chi connectivity index (χ1n) is 10.6. The maximum absolute atomic E-state index is 9.47. The van der Waals surface area contributed by atoms with Gasteiger partial charge >= 0.3 is 0 Å². The largest absolute Gasteiger partial charge is 0.497 e. The van der Waals surface area contributed by atoms with Gasteiger partial charge in [0.2, 0.25) is 0 Å². The van der Waals surface area contributed by atoms with Gasteiger partial charge in [-0.25, -0.2) is 0 Å². The minimum Gasteiger partial charge on any atom is -0.497 e. The number of rotatable bonds is 9. The maximum Gasteiger partial charge on any atom is 0.194 e. The molecule has 6 nitrogen and oxygen atoms in total. The molecule has 0 saturated carbocycles.